The van der Waals surface area contributed by atoms with Crippen LogP contribution >= 0.6 is 0 Å². The van der Waals surface area contributed by atoms with Gasteiger partial charge in [0.15, 0.2) is 0 Å². The Morgan fingerprint density at radius 3 is 2.54 bits per heavy atom. The first-order valence-electron chi connectivity index (χ1n) is 10.7. The molecule has 2 nitrogen and oxygen atoms in total. The van der Waals surface area contributed by atoms with Crippen molar-refractivity contribution in [1.29, 1.82) is 0 Å². The van der Waals surface area contributed by atoms with Gasteiger partial charge in [-0.05, 0) is 87.7 Å². The van der Waals surface area contributed by atoms with Gasteiger partial charge in [-0.2, -0.15) is 0 Å². The van der Waals surface area contributed by atoms with Crippen molar-refractivity contribution in [2.24, 2.45) is 5.92 Å². The summed E-state index contributed by atoms with van der Waals surface area (Å²) in [4.78, 5) is 2.26. The largest absolute Gasteiger partial charge is 0.380 e. The molecule has 0 amide bonds. The fourth-order valence-electron chi connectivity index (χ4n) is 4.26. The van der Waals surface area contributed by atoms with Crippen LogP contribution in [0.15, 0.2) is 42.1 Å². The number of rotatable bonds is 7. The van der Waals surface area contributed by atoms with Gasteiger partial charge in [0, 0.05) is 12.7 Å². The third-order valence-electron chi connectivity index (χ3n) is 5.92. The van der Waals surface area contributed by atoms with Gasteiger partial charge in [0.1, 0.15) is 11.5 Å². The number of allylic oxidation sites excluding steroid dienone is 2. The lowest BCUT2D eigenvalue weighted by atomic mass is 9.89. The van der Waals surface area contributed by atoms with Crippen LogP contribution in [0.4, 0.5) is 8.78 Å². The van der Waals surface area contributed by atoms with Crippen molar-refractivity contribution >= 4 is 0 Å². The Balaban J connectivity index is 1.43. The van der Waals surface area contributed by atoms with Crippen molar-refractivity contribution < 1.29 is 8.78 Å². The van der Waals surface area contributed by atoms with Crippen LogP contribution in [0.1, 0.15) is 63.6 Å². The normalized spacial score (nSPS) is 21.5. The zero-order valence-corrected chi connectivity index (χ0v) is 17.5. The summed E-state index contributed by atoms with van der Waals surface area (Å²) in [6, 6.07) is 5.58. The molecule has 0 bridgehead atoms. The second-order valence-corrected chi connectivity index (χ2v) is 8.90. The molecule has 3 rings (SSSR count). The SMILES string of the molecule is CCc1ccc(C2C=CC(CCC3CCN(CC(C)(C)F)CC3)=CN2)cc1F. The van der Waals surface area contributed by atoms with Gasteiger partial charge in [-0.15, -0.1) is 0 Å². The maximum absolute atomic E-state index is 14.0. The summed E-state index contributed by atoms with van der Waals surface area (Å²) >= 11 is 0. The van der Waals surface area contributed by atoms with Crippen LogP contribution in [-0.4, -0.2) is 30.2 Å². The number of dihydropyridines is 1. The number of alkyl halides is 1. The lowest BCUT2D eigenvalue weighted by Gasteiger charge is -2.34. The van der Waals surface area contributed by atoms with E-state index in [0.717, 1.165) is 49.4 Å². The highest BCUT2D eigenvalue weighted by Gasteiger charge is 2.25. The lowest BCUT2D eigenvalue weighted by molar-refractivity contribution is 0.0943. The van der Waals surface area contributed by atoms with E-state index in [1.54, 1.807) is 19.9 Å². The molecule has 0 radical (unpaired) electrons. The predicted molar refractivity (Wildman–Crippen MR) is 112 cm³/mol. The van der Waals surface area contributed by atoms with E-state index in [9.17, 15) is 8.78 Å². The number of hydrogen-bond acceptors (Lipinski definition) is 2. The molecule has 1 N–H and O–H groups in total. The van der Waals surface area contributed by atoms with Gasteiger partial charge in [-0.25, -0.2) is 8.78 Å². The molecule has 1 saturated heterocycles. The van der Waals surface area contributed by atoms with Crippen molar-refractivity contribution in [3.05, 3.63) is 59.1 Å². The molecule has 28 heavy (non-hydrogen) atoms. The Bertz CT molecular complexity index is 710. The summed E-state index contributed by atoms with van der Waals surface area (Å²) in [5, 5.41) is 3.41. The minimum absolute atomic E-state index is 0.0384. The van der Waals surface area contributed by atoms with Gasteiger partial charge in [0.25, 0.3) is 0 Å². The van der Waals surface area contributed by atoms with E-state index in [4.69, 9.17) is 0 Å². The molecule has 0 aromatic heterocycles. The van der Waals surface area contributed by atoms with Gasteiger partial charge in [-0.3, -0.25) is 0 Å². The number of benzene rings is 1. The molecule has 154 valence electrons. The van der Waals surface area contributed by atoms with Crippen molar-refractivity contribution in [1.82, 2.24) is 10.2 Å². The number of hydrogen-bond donors (Lipinski definition) is 1. The van der Waals surface area contributed by atoms with E-state index in [2.05, 4.69) is 28.6 Å². The molecule has 2 aliphatic heterocycles. The van der Waals surface area contributed by atoms with Crippen molar-refractivity contribution in [2.45, 2.75) is 64.6 Å². The molecule has 1 fully saturated rings. The van der Waals surface area contributed by atoms with E-state index in [1.807, 2.05) is 19.1 Å². The van der Waals surface area contributed by atoms with Gasteiger partial charge >= 0.3 is 0 Å². The van der Waals surface area contributed by atoms with Crippen LogP contribution in [0.25, 0.3) is 0 Å². The maximum Gasteiger partial charge on any atom is 0.126 e. The average molecular weight is 389 g/mol. The minimum Gasteiger partial charge on any atom is -0.380 e. The zero-order chi connectivity index (χ0) is 20.1. The van der Waals surface area contributed by atoms with Gasteiger partial charge < -0.3 is 10.2 Å². The molecule has 1 atom stereocenters. The third-order valence-corrected chi connectivity index (χ3v) is 5.92. The van der Waals surface area contributed by atoms with Crippen LogP contribution in [0.3, 0.4) is 0 Å². The van der Waals surface area contributed by atoms with Crippen LogP contribution in [0.5, 0.6) is 0 Å². The lowest BCUT2D eigenvalue weighted by Crippen LogP contribution is -2.41. The number of nitrogens with one attached hydrogen (secondary N) is 1. The summed E-state index contributed by atoms with van der Waals surface area (Å²) in [5.74, 6) is 0.606. The van der Waals surface area contributed by atoms with E-state index >= 15 is 0 Å². The Kier molecular flexibility index (Phi) is 6.92. The fraction of sp³-hybridized carbons (Fsp3) is 0.583. The van der Waals surface area contributed by atoms with Gasteiger partial charge in [0.05, 0.1) is 6.04 Å². The highest BCUT2D eigenvalue weighted by molar-refractivity contribution is 5.33. The number of likely N-dealkylation sites (tertiary alicyclic amines) is 1. The molecule has 2 aliphatic rings. The van der Waals surface area contributed by atoms with Crippen LogP contribution < -0.4 is 5.32 Å². The van der Waals surface area contributed by atoms with E-state index in [-0.39, 0.29) is 11.9 Å². The molecule has 0 saturated carbocycles. The Labute approximate surface area is 168 Å². The van der Waals surface area contributed by atoms with Crippen molar-refractivity contribution in [3.8, 4) is 0 Å². The molecule has 1 unspecified atom stereocenters. The molecule has 4 heteroatoms. The highest BCUT2D eigenvalue weighted by Crippen LogP contribution is 2.27. The number of piperidine rings is 1. The second-order valence-electron chi connectivity index (χ2n) is 8.90. The number of halogens is 2. The second kappa shape index (κ2) is 9.21. The molecule has 0 aliphatic carbocycles. The van der Waals surface area contributed by atoms with Crippen LogP contribution in [-0.2, 0) is 6.42 Å². The standard InChI is InChI=1S/C24H34F2N2/c1-4-20-8-9-21(15-22(20)25)23-10-7-19(16-27-23)6-5-18-11-13-28(14-12-18)17-24(2,3)26/h7-10,15-16,18,23,27H,4-6,11-14,17H2,1-3H3. The maximum atomic E-state index is 14.0. The zero-order valence-electron chi connectivity index (χ0n) is 17.5. The third kappa shape index (κ3) is 5.91. The van der Waals surface area contributed by atoms with Crippen molar-refractivity contribution in [2.75, 3.05) is 19.6 Å². The van der Waals surface area contributed by atoms with E-state index in [0.29, 0.717) is 13.0 Å². The van der Waals surface area contributed by atoms with E-state index in [1.165, 1.54) is 12.0 Å². The fourth-order valence-corrected chi connectivity index (χ4v) is 4.26. The molecule has 2 heterocycles. The first-order valence-corrected chi connectivity index (χ1v) is 10.7. The first kappa shape index (κ1) is 21.0. The Morgan fingerprint density at radius 1 is 1.21 bits per heavy atom. The monoisotopic (exact) mass is 388 g/mol. The van der Waals surface area contributed by atoms with Gasteiger partial charge in [-0.1, -0.05) is 31.2 Å². The molecule has 0 spiro atoms. The molecular formula is C24H34F2N2. The summed E-state index contributed by atoms with van der Waals surface area (Å²) in [6.45, 7) is 7.84. The quantitative estimate of drug-likeness (QED) is 0.643. The molecule has 1 aromatic carbocycles. The average Bonchev–Trinajstić information content (AvgIpc) is 2.66. The minimum atomic E-state index is -1.10. The van der Waals surface area contributed by atoms with Crippen LogP contribution in [0.2, 0.25) is 0 Å². The van der Waals surface area contributed by atoms with E-state index < -0.39 is 5.67 Å². The smallest absolute Gasteiger partial charge is 0.126 e. The Morgan fingerprint density at radius 2 is 1.96 bits per heavy atom. The number of nitrogens with zero attached hydrogens (tertiary/aromatic N) is 1. The summed E-state index contributed by atoms with van der Waals surface area (Å²) < 4.78 is 27.8. The highest BCUT2D eigenvalue weighted by atomic mass is 19.1. The van der Waals surface area contributed by atoms with Crippen LogP contribution in [0, 0.1) is 11.7 Å². The Hall–Kier alpha value is -1.68. The molecule has 1 aromatic rings. The summed E-state index contributed by atoms with van der Waals surface area (Å²) in [5.41, 5.74) is 1.92. The van der Waals surface area contributed by atoms with Crippen molar-refractivity contribution in [3.63, 3.8) is 0 Å². The molecular weight excluding hydrogens is 354 g/mol. The van der Waals surface area contributed by atoms with Gasteiger partial charge in [0.2, 0.25) is 0 Å². The first-order chi connectivity index (χ1) is 13.3. The number of aryl methyl sites for hydroxylation is 1. The topological polar surface area (TPSA) is 15.3 Å². The predicted octanol–water partition coefficient (Wildman–Crippen LogP) is 5.71. The summed E-state index contributed by atoms with van der Waals surface area (Å²) in [7, 11) is 0. The summed E-state index contributed by atoms with van der Waals surface area (Å²) in [6.07, 6.45) is 11.6.